The minimum absolute atomic E-state index is 0.0580. The van der Waals surface area contributed by atoms with E-state index < -0.39 is 12.1 Å². The highest BCUT2D eigenvalue weighted by Crippen LogP contribution is 2.32. The molecule has 0 amide bonds. The zero-order chi connectivity index (χ0) is 23.1. The van der Waals surface area contributed by atoms with Gasteiger partial charge in [-0.3, -0.25) is 15.0 Å². The van der Waals surface area contributed by atoms with Gasteiger partial charge in [-0.25, -0.2) is 0 Å². The fourth-order valence-electron chi connectivity index (χ4n) is 3.09. The van der Waals surface area contributed by atoms with Crippen molar-refractivity contribution in [3.8, 4) is 11.5 Å². The molecule has 1 unspecified atom stereocenters. The van der Waals surface area contributed by atoms with Gasteiger partial charge in [0.05, 0.1) is 24.8 Å². The van der Waals surface area contributed by atoms with Crippen molar-refractivity contribution in [2.75, 3.05) is 20.3 Å². The van der Waals surface area contributed by atoms with Crippen molar-refractivity contribution in [3.63, 3.8) is 0 Å². The van der Waals surface area contributed by atoms with Crippen LogP contribution in [-0.4, -0.2) is 43.9 Å². The van der Waals surface area contributed by atoms with Gasteiger partial charge >= 0.3 is 6.18 Å². The highest BCUT2D eigenvalue weighted by atomic mass is 19.4. The first-order valence-electron chi connectivity index (χ1n) is 10.1. The lowest BCUT2D eigenvalue weighted by molar-refractivity contribution is -0.153. The van der Waals surface area contributed by atoms with E-state index in [-0.39, 0.29) is 25.6 Å². The summed E-state index contributed by atoms with van der Waals surface area (Å²) >= 11 is 0. The third-order valence-corrected chi connectivity index (χ3v) is 4.96. The Kier molecular flexibility index (Phi) is 7.63. The Morgan fingerprint density at radius 3 is 2.69 bits per heavy atom. The number of methoxy groups -OCH3 is 1. The van der Waals surface area contributed by atoms with Crippen molar-refractivity contribution < 1.29 is 22.6 Å². The lowest BCUT2D eigenvalue weighted by Crippen LogP contribution is -2.25. The van der Waals surface area contributed by atoms with Crippen molar-refractivity contribution >= 4 is 12.4 Å². The summed E-state index contributed by atoms with van der Waals surface area (Å²) in [6.45, 7) is 2.24. The van der Waals surface area contributed by atoms with Crippen LogP contribution in [0, 0.1) is 12.8 Å². The van der Waals surface area contributed by atoms with Crippen LogP contribution in [-0.2, 0) is 0 Å². The first-order valence-corrected chi connectivity index (χ1v) is 10.1. The molecule has 0 fully saturated rings. The Labute approximate surface area is 184 Å². The predicted octanol–water partition coefficient (Wildman–Crippen LogP) is 4.43. The molecule has 170 valence electrons. The van der Waals surface area contributed by atoms with Crippen LogP contribution in [0.5, 0.6) is 11.5 Å². The van der Waals surface area contributed by atoms with Crippen molar-refractivity contribution in [3.05, 3.63) is 65.1 Å². The summed E-state index contributed by atoms with van der Waals surface area (Å²) in [6.07, 6.45) is 1.41. The van der Waals surface area contributed by atoms with E-state index >= 15 is 0 Å². The van der Waals surface area contributed by atoms with Crippen molar-refractivity contribution in [2.45, 2.75) is 25.6 Å². The minimum Gasteiger partial charge on any atom is -0.496 e. The molecular weight excluding hydrogens is 421 g/mol. The third kappa shape index (κ3) is 6.16. The second kappa shape index (κ2) is 10.4. The van der Waals surface area contributed by atoms with Crippen molar-refractivity contribution in [2.24, 2.45) is 21.6 Å². The summed E-state index contributed by atoms with van der Waals surface area (Å²) in [5, 5.41) is 0. The number of aryl methyl sites for hydroxylation is 1. The number of alkyl halides is 3. The second-order valence-corrected chi connectivity index (χ2v) is 7.31. The number of allylic oxidation sites excluding steroid dienone is 1. The average molecular weight is 446 g/mol. The highest BCUT2D eigenvalue weighted by Gasteiger charge is 2.38. The molecule has 2 N–H and O–H groups in total. The van der Waals surface area contributed by atoms with Crippen LogP contribution in [0.3, 0.4) is 0 Å². The van der Waals surface area contributed by atoms with Gasteiger partial charge in [-0.05, 0) is 31.5 Å². The van der Waals surface area contributed by atoms with Crippen LogP contribution in [0.2, 0.25) is 0 Å². The predicted molar refractivity (Wildman–Crippen MR) is 118 cm³/mol. The highest BCUT2D eigenvalue weighted by molar-refractivity contribution is 5.79. The molecule has 6 nitrogen and oxygen atoms in total. The third-order valence-electron chi connectivity index (χ3n) is 4.96. The fraction of sp³-hybridized carbons (Fsp3) is 0.348. The van der Waals surface area contributed by atoms with E-state index in [0.717, 1.165) is 23.0 Å². The molecule has 1 aliphatic heterocycles. The zero-order valence-corrected chi connectivity index (χ0v) is 17.8. The molecular formula is C23H25F3N4O2. The maximum absolute atomic E-state index is 12.7. The number of benzene rings is 1. The summed E-state index contributed by atoms with van der Waals surface area (Å²) in [7, 11) is 1.54. The fourth-order valence-corrected chi connectivity index (χ4v) is 3.09. The molecule has 2 atom stereocenters. The number of hydrogen-bond acceptors (Lipinski definition) is 6. The Morgan fingerprint density at radius 1 is 1.28 bits per heavy atom. The van der Waals surface area contributed by atoms with E-state index in [1.165, 1.54) is 13.2 Å². The molecule has 9 heteroatoms. The molecule has 2 heterocycles. The van der Waals surface area contributed by atoms with Crippen LogP contribution in [0.4, 0.5) is 13.2 Å². The van der Waals surface area contributed by atoms with E-state index in [0.29, 0.717) is 17.2 Å². The molecule has 2 aromatic rings. The summed E-state index contributed by atoms with van der Waals surface area (Å²) < 4.78 is 49.3. The maximum atomic E-state index is 12.7. The number of halogens is 3. The Hall–Kier alpha value is -3.20. The number of pyridine rings is 1. The molecule has 32 heavy (non-hydrogen) atoms. The van der Waals surface area contributed by atoms with Crippen LogP contribution in [0.1, 0.15) is 29.3 Å². The number of ether oxygens (including phenoxy) is 2. The van der Waals surface area contributed by atoms with Gasteiger partial charge in [-0.2, -0.15) is 13.2 Å². The smallest absolute Gasteiger partial charge is 0.396 e. The molecule has 1 aromatic carbocycles. The zero-order valence-electron chi connectivity index (χ0n) is 17.8. The molecule has 0 saturated heterocycles. The van der Waals surface area contributed by atoms with Crippen LogP contribution < -0.4 is 15.2 Å². The van der Waals surface area contributed by atoms with E-state index in [1.54, 1.807) is 24.5 Å². The van der Waals surface area contributed by atoms with Crippen LogP contribution >= 0.6 is 0 Å². The van der Waals surface area contributed by atoms with Gasteiger partial charge in [-0.15, -0.1) is 0 Å². The largest absolute Gasteiger partial charge is 0.496 e. The van der Waals surface area contributed by atoms with Gasteiger partial charge in [-0.1, -0.05) is 12.1 Å². The maximum Gasteiger partial charge on any atom is 0.396 e. The average Bonchev–Trinajstić information content (AvgIpc) is 2.79. The van der Waals surface area contributed by atoms with Crippen molar-refractivity contribution in [1.82, 2.24) is 4.98 Å². The summed E-state index contributed by atoms with van der Waals surface area (Å²) in [5.41, 5.74) is 8.96. The Bertz CT molecular complexity index is 1000. The number of rotatable bonds is 8. The topological polar surface area (TPSA) is 82.1 Å². The first-order chi connectivity index (χ1) is 15.3. The van der Waals surface area contributed by atoms with E-state index in [2.05, 4.69) is 15.0 Å². The van der Waals surface area contributed by atoms with Gasteiger partial charge in [0.1, 0.15) is 18.1 Å². The molecule has 0 radical (unpaired) electrons. The van der Waals surface area contributed by atoms with Crippen molar-refractivity contribution in [1.29, 1.82) is 0 Å². The van der Waals surface area contributed by atoms with Gasteiger partial charge in [0.15, 0.2) is 0 Å². The number of nitrogens with two attached hydrogens (primary N) is 1. The van der Waals surface area contributed by atoms with Gasteiger partial charge in [0.25, 0.3) is 0 Å². The normalized spacial score (nSPS) is 17.3. The Morgan fingerprint density at radius 2 is 2.09 bits per heavy atom. The SMILES string of the molecule is COc1cc(OCC2=CCC(C(F)(F)F)C=N2)ccc1[C@@H](CN)/N=C/c1ccc(C)nc1. The van der Waals surface area contributed by atoms with E-state index in [1.807, 2.05) is 25.1 Å². The minimum atomic E-state index is -4.28. The number of hydrogen-bond donors (Lipinski definition) is 1. The number of aromatic nitrogens is 1. The molecule has 0 saturated carbocycles. The number of nitrogens with zero attached hydrogens (tertiary/aromatic N) is 3. The second-order valence-electron chi connectivity index (χ2n) is 7.31. The molecule has 3 rings (SSSR count). The standard InChI is InChI=1S/C23H25F3N4O2/c1-15-3-4-16(11-28-15)12-30-21(10-27)20-8-7-19(9-22(20)31-2)32-14-18-6-5-17(13-29-18)23(24,25)26/h3-4,6-9,11-13,17,21H,5,10,14,27H2,1-2H3/b30-12+/t17?,21-/m1/s1. The molecule has 0 aliphatic carbocycles. The van der Waals surface area contributed by atoms with Gasteiger partial charge in [0, 0.05) is 48.1 Å². The molecule has 1 aliphatic rings. The summed E-state index contributed by atoms with van der Waals surface area (Å²) in [5.74, 6) is -0.493. The first kappa shape index (κ1) is 23.5. The quantitative estimate of drug-likeness (QED) is 0.608. The monoisotopic (exact) mass is 446 g/mol. The van der Waals surface area contributed by atoms with Gasteiger partial charge in [0.2, 0.25) is 0 Å². The van der Waals surface area contributed by atoms with Crippen LogP contribution in [0.15, 0.2) is 58.3 Å². The Balaban J connectivity index is 1.66. The van der Waals surface area contributed by atoms with Crippen LogP contribution in [0.25, 0.3) is 0 Å². The van der Waals surface area contributed by atoms with E-state index in [9.17, 15) is 13.2 Å². The summed E-state index contributed by atoms with van der Waals surface area (Å²) in [4.78, 5) is 12.7. The molecule has 0 bridgehead atoms. The lowest BCUT2D eigenvalue weighted by Gasteiger charge is -2.19. The van der Waals surface area contributed by atoms with Gasteiger partial charge < -0.3 is 15.2 Å². The molecule has 0 spiro atoms. The lowest BCUT2D eigenvalue weighted by atomic mass is 10.0. The summed E-state index contributed by atoms with van der Waals surface area (Å²) in [6, 6.07) is 8.76. The number of aliphatic imine (C=N–C) groups is 2. The van der Waals surface area contributed by atoms with E-state index in [4.69, 9.17) is 15.2 Å². The molecule has 1 aromatic heterocycles.